The molecule has 2 heterocycles. The molecule has 2 saturated heterocycles. The van der Waals surface area contributed by atoms with Crippen LogP contribution in [0.15, 0.2) is 41.3 Å². The Morgan fingerprint density at radius 3 is 2.44 bits per heavy atom. The van der Waals surface area contributed by atoms with Crippen molar-refractivity contribution < 1.29 is 14.4 Å². The van der Waals surface area contributed by atoms with Crippen molar-refractivity contribution >= 4 is 40.6 Å². The summed E-state index contributed by atoms with van der Waals surface area (Å²) in [6, 6.07) is 8.00. The number of hydrogen-bond donors (Lipinski definition) is 0. The predicted molar refractivity (Wildman–Crippen MR) is 108 cm³/mol. The van der Waals surface area contributed by atoms with Gasteiger partial charge in [0, 0.05) is 32.9 Å². The van der Waals surface area contributed by atoms with Crippen molar-refractivity contribution in [2.24, 2.45) is 0 Å². The highest BCUT2D eigenvalue weighted by Crippen LogP contribution is 2.30. The Kier molecular flexibility index (Phi) is 6.01. The highest BCUT2D eigenvalue weighted by molar-refractivity contribution is 8.18. The van der Waals surface area contributed by atoms with E-state index < -0.39 is 5.91 Å². The zero-order valence-corrected chi connectivity index (χ0v) is 16.4. The summed E-state index contributed by atoms with van der Waals surface area (Å²) in [4.78, 5) is 41.9. The number of allylic oxidation sites excluding steroid dienone is 2. The summed E-state index contributed by atoms with van der Waals surface area (Å²) in [5.74, 6) is -0.558. The summed E-state index contributed by atoms with van der Waals surface area (Å²) >= 11 is 0.878. The maximum atomic E-state index is 12.4. The van der Waals surface area contributed by atoms with Gasteiger partial charge in [0.05, 0.1) is 4.91 Å². The van der Waals surface area contributed by atoms with Gasteiger partial charge < -0.3 is 9.80 Å². The fourth-order valence-electron chi connectivity index (χ4n) is 2.98. The summed E-state index contributed by atoms with van der Waals surface area (Å²) in [7, 11) is 3.96. The van der Waals surface area contributed by atoms with E-state index in [0.29, 0.717) is 18.0 Å². The highest BCUT2D eigenvalue weighted by atomic mass is 32.2. The predicted octanol–water partition coefficient (Wildman–Crippen LogP) is 2.97. The second-order valence-corrected chi connectivity index (χ2v) is 7.72. The van der Waals surface area contributed by atoms with Gasteiger partial charge in [-0.05, 0) is 48.4 Å². The Balaban J connectivity index is 1.62. The molecule has 142 valence electrons. The summed E-state index contributed by atoms with van der Waals surface area (Å²) < 4.78 is 0. The van der Waals surface area contributed by atoms with Crippen LogP contribution < -0.4 is 4.90 Å². The number of nitrogens with zero attached hydrogens (tertiary/aromatic N) is 3. The van der Waals surface area contributed by atoms with Crippen LogP contribution in [0.25, 0.3) is 6.08 Å². The largest absolute Gasteiger partial charge is 0.378 e. The summed E-state index contributed by atoms with van der Waals surface area (Å²) in [6.07, 6.45) is 7.22. The Hall–Kier alpha value is -2.54. The minimum absolute atomic E-state index is 0.160. The van der Waals surface area contributed by atoms with E-state index in [1.807, 2.05) is 49.3 Å². The molecule has 0 aromatic heterocycles. The van der Waals surface area contributed by atoms with E-state index in [-0.39, 0.29) is 17.7 Å². The first-order chi connectivity index (χ1) is 13.0. The Bertz CT molecular complexity index is 793. The average Bonchev–Trinajstić information content (AvgIpc) is 3.27. The fraction of sp³-hybridized carbons (Fsp3) is 0.350. The summed E-state index contributed by atoms with van der Waals surface area (Å²) in [5, 5.41) is -0.387. The van der Waals surface area contributed by atoms with Crippen molar-refractivity contribution in [3.8, 4) is 0 Å². The molecule has 0 N–H and O–H groups in total. The van der Waals surface area contributed by atoms with Crippen molar-refractivity contribution in [2.45, 2.75) is 12.8 Å². The minimum Gasteiger partial charge on any atom is -0.378 e. The molecule has 3 amide bonds. The minimum atomic E-state index is -0.398. The topological polar surface area (TPSA) is 60.9 Å². The molecule has 0 spiro atoms. The van der Waals surface area contributed by atoms with Crippen LogP contribution in [0.5, 0.6) is 0 Å². The molecule has 0 aliphatic carbocycles. The number of likely N-dealkylation sites (tertiary alicyclic amines) is 1. The molecule has 1 aromatic carbocycles. The van der Waals surface area contributed by atoms with Crippen LogP contribution in [-0.2, 0) is 9.59 Å². The van der Waals surface area contributed by atoms with Gasteiger partial charge in [-0.15, -0.1) is 0 Å². The normalized spacial score (nSPS) is 19.0. The fourth-order valence-corrected chi connectivity index (χ4v) is 3.77. The molecule has 7 heteroatoms. The number of carbonyl (C=O) groups is 3. The first-order valence-electron chi connectivity index (χ1n) is 8.93. The van der Waals surface area contributed by atoms with Gasteiger partial charge in [0.25, 0.3) is 11.1 Å². The van der Waals surface area contributed by atoms with Crippen molar-refractivity contribution in [1.29, 1.82) is 0 Å². The zero-order chi connectivity index (χ0) is 19.4. The zero-order valence-electron chi connectivity index (χ0n) is 15.6. The van der Waals surface area contributed by atoms with E-state index in [0.717, 1.165) is 40.8 Å². The lowest BCUT2D eigenvalue weighted by atomic mass is 10.2. The van der Waals surface area contributed by atoms with Gasteiger partial charge in [-0.25, -0.2) is 0 Å². The molecule has 0 radical (unpaired) electrons. The average molecular weight is 385 g/mol. The molecule has 0 bridgehead atoms. The number of anilines is 1. The van der Waals surface area contributed by atoms with E-state index in [9.17, 15) is 14.4 Å². The van der Waals surface area contributed by atoms with E-state index in [4.69, 9.17) is 0 Å². The van der Waals surface area contributed by atoms with Crippen molar-refractivity contribution in [3.05, 3.63) is 46.9 Å². The lowest BCUT2D eigenvalue weighted by Gasteiger charge is -2.18. The van der Waals surface area contributed by atoms with Gasteiger partial charge in [-0.2, -0.15) is 0 Å². The van der Waals surface area contributed by atoms with E-state index in [2.05, 4.69) is 0 Å². The third-order valence-corrected chi connectivity index (χ3v) is 5.50. The molecule has 3 rings (SSSR count). The number of benzene rings is 1. The second-order valence-electron chi connectivity index (χ2n) is 6.72. The summed E-state index contributed by atoms with van der Waals surface area (Å²) in [6.45, 7) is 1.25. The molecule has 0 atom stereocenters. The molecule has 0 saturated carbocycles. The first kappa shape index (κ1) is 19.2. The van der Waals surface area contributed by atoms with Crippen LogP contribution in [0.1, 0.15) is 18.4 Å². The third kappa shape index (κ3) is 4.60. The highest BCUT2D eigenvalue weighted by Gasteiger charge is 2.37. The smallest absolute Gasteiger partial charge is 0.294 e. The quantitative estimate of drug-likeness (QED) is 0.730. The Morgan fingerprint density at radius 2 is 1.81 bits per heavy atom. The van der Waals surface area contributed by atoms with Gasteiger partial charge in [-0.3, -0.25) is 19.3 Å². The number of hydrogen-bond acceptors (Lipinski definition) is 5. The molecule has 0 unspecified atom stereocenters. The SMILES string of the molecule is CN(C)c1ccc(C=CC=C2SC(=O)N(CC(=O)N3CCCC3)C2=O)cc1. The van der Waals surface area contributed by atoms with Crippen LogP contribution >= 0.6 is 11.8 Å². The first-order valence-corrected chi connectivity index (χ1v) is 9.74. The molecular formula is C20H23N3O3S. The maximum Gasteiger partial charge on any atom is 0.294 e. The monoisotopic (exact) mass is 385 g/mol. The lowest BCUT2D eigenvalue weighted by molar-refractivity contribution is -0.135. The van der Waals surface area contributed by atoms with Gasteiger partial charge in [0.15, 0.2) is 0 Å². The number of amides is 3. The van der Waals surface area contributed by atoms with Crippen LogP contribution in [-0.4, -0.2) is 60.6 Å². The molecule has 1 aromatic rings. The van der Waals surface area contributed by atoms with Crippen LogP contribution in [0, 0.1) is 0 Å². The molecule has 2 fully saturated rings. The van der Waals surface area contributed by atoms with Crippen LogP contribution in [0.3, 0.4) is 0 Å². The molecule has 6 nitrogen and oxygen atoms in total. The lowest BCUT2D eigenvalue weighted by Crippen LogP contribution is -2.40. The van der Waals surface area contributed by atoms with Gasteiger partial charge >= 0.3 is 0 Å². The van der Waals surface area contributed by atoms with Crippen molar-refractivity contribution in [1.82, 2.24) is 9.80 Å². The van der Waals surface area contributed by atoms with Crippen molar-refractivity contribution in [3.63, 3.8) is 0 Å². The standard InChI is InChI=1S/C20H23N3O3S/c1-21(2)16-10-8-15(9-11-16)6-5-7-17-19(25)23(20(26)27-17)14-18(24)22-12-3-4-13-22/h5-11H,3-4,12-14H2,1-2H3. The third-order valence-electron chi connectivity index (χ3n) is 4.57. The second kappa shape index (κ2) is 8.43. The number of carbonyl (C=O) groups excluding carboxylic acids is 3. The molecule has 2 aliphatic heterocycles. The van der Waals surface area contributed by atoms with Gasteiger partial charge in [-0.1, -0.05) is 24.3 Å². The van der Waals surface area contributed by atoms with Crippen molar-refractivity contribution in [2.75, 3.05) is 38.6 Å². The van der Waals surface area contributed by atoms with E-state index in [1.54, 1.807) is 17.1 Å². The van der Waals surface area contributed by atoms with Crippen LogP contribution in [0.2, 0.25) is 0 Å². The Labute approximate surface area is 163 Å². The number of imide groups is 1. The molecule has 2 aliphatic rings. The van der Waals surface area contributed by atoms with Crippen LogP contribution in [0.4, 0.5) is 10.5 Å². The maximum absolute atomic E-state index is 12.4. The summed E-state index contributed by atoms with van der Waals surface area (Å²) in [5.41, 5.74) is 2.11. The Morgan fingerprint density at radius 1 is 1.15 bits per heavy atom. The van der Waals surface area contributed by atoms with Gasteiger partial charge in [0.1, 0.15) is 6.54 Å². The molecular weight excluding hydrogens is 362 g/mol. The number of rotatable bonds is 5. The van der Waals surface area contributed by atoms with E-state index in [1.165, 1.54) is 0 Å². The number of thioether (sulfide) groups is 1. The molecule has 27 heavy (non-hydrogen) atoms. The van der Waals surface area contributed by atoms with Gasteiger partial charge in [0.2, 0.25) is 5.91 Å². The van der Waals surface area contributed by atoms with E-state index >= 15 is 0 Å².